The van der Waals surface area contributed by atoms with Gasteiger partial charge in [-0.2, -0.15) is 0 Å². The monoisotopic (exact) mass is 448 g/mol. The summed E-state index contributed by atoms with van der Waals surface area (Å²) in [5, 5.41) is 15.1. The first-order chi connectivity index (χ1) is 15.8. The van der Waals surface area contributed by atoms with Gasteiger partial charge in [0.25, 0.3) is 0 Å². The van der Waals surface area contributed by atoms with Crippen molar-refractivity contribution in [2.24, 2.45) is 11.3 Å². The molecule has 0 heterocycles. The number of carboxylic acid groups (broad SMARTS) is 1. The molecule has 172 valence electrons. The van der Waals surface area contributed by atoms with Crippen LogP contribution in [0.15, 0.2) is 48.5 Å². The molecule has 5 rings (SSSR count). The standard InChI is InChI=1S/C26H28N2O5/c1-25(23(30)31,16-10-11-16)28-22(29)26(12-13-26)15-27-24(32)33-14-21-19-8-4-2-6-17(19)18-7-3-5-9-20(18)21/h2-9,16,21H,10-15H2,1H3,(H,27,32)(H,28,29)(H,30,31). The van der Waals surface area contributed by atoms with Crippen molar-refractivity contribution in [2.45, 2.75) is 44.1 Å². The fraction of sp³-hybridized carbons (Fsp3) is 0.423. The number of carbonyl (C=O) groups excluding carboxylic acids is 2. The van der Waals surface area contributed by atoms with Crippen LogP contribution in [0.3, 0.4) is 0 Å². The lowest BCUT2D eigenvalue weighted by atomic mass is 9.94. The van der Waals surface area contributed by atoms with Gasteiger partial charge in [0.15, 0.2) is 0 Å². The van der Waals surface area contributed by atoms with Gasteiger partial charge in [0.2, 0.25) is 5.91 Å². The molecule has 2 fully saturated rings. The van der Waals surface area contributed by atoms with Crippen LogP contribution in [0.25, 0.3) is 11.1 Å². The predicted octanol–water partition coefficient (Wildman–Crippen LogP) is 3.67. The van der Waals surface area contributed by atoms with Crippen molar-refractivity contribution in [3.63, 3.8) is 0 Å². The third kappa shape index (κ3) is 3.86. The Balaban J connectivity index is 1.18. The zero-order valence-corrected chi connectivity index (χ0v) is 18.6. The highest BCUT2D eigenvalue weighted by atomic mass is 16.5. The summed E-state index contributed by atoms with van der Waals surface area (Å²) in [5.41, 5.74) is 2.59. The van der Waals surface area contributed by atoms with Gasteiger partial charge < -0.3 is 20.5 Å². The molecule has 0 saturated heterocycles. The molecule has 0 bridgehead atoms. The molecule has 1 unspecified atom stereocenters. The van der Waals surface area contributed by atoms with Gasteiger partial charge >= 0.3 is 12.1 Å². The van der Waals surface area contributed by atoms with Gasteiger partial charge in [-0.25, -0.2) is 9.59 Å². The number of hydrogen-bond donors (Lipinski definition) is 3. The highest BCUT2D eigenvalue weighted by Gasteiger charge is 2.55. The fourth-order valence-corrected chi connectivity index (χ4v) is 4.89. The smallest absolute Gasteiger partial charge is 0.407 e. The Bertz CT molecular complexity index is 1080. The van der Waals surface area contributed by atoms with Gasteiger partial charge in [-0.05, 0) is 60.8 Å². The van der Waals surface area contributed by atoms with Gasteiger partial charge in [0.1, 0.15) is 12.1 Å². The molecule has 3 aliphatic carbocycles. The normalized spacial score (nSPS) is 19.5. The molecule has 2 amide bonds. The molecule has 0 aliphatic heterocycles. The molecule has 33 heavy (non-hydrogen) atoms. The third-order valence-electron chi connectivity index (χ3n) is 7.46. The van der Waals surface area contributed by atoms with Crippen molar-refractivity contribution in [1.29, 1.82) is 0 Å². The summed E-state index contributed by atoms with van der Waals surface area (Å²) in [6.07, 6.45) is 2.26. The van der Waals surface area contributed by atoms with Crippen molar-refractivity contribution in [3.05, 3.63) is 59.7 Å². The Labute approximate surface area is 192 Å². The number of fused-ring (bicyclic) bond motifs is 3. The van der Waals surface area contributed by atoms with Gasteiger partial charge in [0.05, 0.1) is 5.41 Å². The number of carboxylic acids is 1. The van der Waals surface area contributed by atoms with Crippen LogP contribution in [0, 0.1) is 11.3 Å². The number of hydrogen-bond acceptors (Lipinski definition) is 4. The molecular formula is C26H28N2O5. The summed E-state index contributed by atoms with van der Waals surface area (Å²) in [4.78, 5) is 37.1. The predicted molar refractivity (Wildman–Crippen MR) is 122 cm³/mol. The Hall–Kier alpha value is -3.35. The van der Waals surface area contributed by atoms with E-state index in [-0.39, 0.29) is 30.9 Å². The number of amides is 2. The Morgan fingerprint density at radius 3 is 2.12 bits per heavy atom. The van der Waals surface area contributed by atoms with Gasteiger partial charge in [-0.15, -0.1) is 0 Å². The second-order valence-electron chi connectivity index (χ2n) is 9.70. The Morgan fingerprint density at radius 2 is 1.61 bits per heavy atom. The maximum atomic E-state index is 12.9. The molecule has 1 atom stereocenters. The van der Waals surface area contributed by atoms with Crippen LogP contribution in [0.2, 0.25) is 0 Å². The van der Waals surface area contributed by atoms with Crippen LogP contribution in [-0.4, -0.2) is 41.8 Å². The van der Waals surface area contributed by atoms with E-state index in [1.807, 2.05) is 24.3 Å². The summed E-state index contributed by atoms with van der Waals surface area (Å²) in [6.45, 7) is 1.91. The van der Waals surface area contributed by atoms with E-state index < -0.39 is 23.0 Å². The fourth-order valence-electron chi connectivity index (χ4n) is 4.89. The molecule has 0 aromatic heterocycles. The molecule has 3 N–H and O–H groups in total. The van der Waals surface area contributed by atoms with Gasteiger partial charge in [-0.3, -0.25) is 4.79 Å². The van der Waals surface area contributed by atoms with E-state index in [1.54, 1.807) is 6.92 Å². The number of nitrogens with one attached hydrogen (secondary N) is 2. The lowest BCUT2D eigenvalue weighted by Gasteiger charge is -2.28. The quantitative estimate of drug-likeness (QED) is 0.572. The highest BCUT2D eigenvalue weighted by Crippen LogP contribution is 2.47. The Morgan fingerprint density at radius 1 is 1.03 bits per heavy atom. The minimum absolute atomic E-state index is 0.0313. The number of ether oxygens (including phenoxy) is 1. The van der Waals surface area contributed by atoms with Crippen LogP contribution >= 0.6 is 0 Å². The largest absolute Gasteiger partial charge is 0.480 e. The maximum absolute atomic E-state index is 12.9. The molecule has 0 spiro atoms. The third-order valence-corrected chi connectivity index (χ3v) is 7.46. The van der Waals surface area contributed by atoms with Gasteiger partial charge in [0, 0.05) is 12.5 Å². The van der Waals surface area contributed by atoms with Crippen molar-refractivity contribution in [3.8, 4) is 11.1 Å². The molecule has 3 aliphatic rings. The molecule has 7 heteroatoms. The zero-order valence-electron chi connectivity index (χ0n) is 18.6. The number of aliphatic carboxylic acids is 1. The van der Waals surface area contributed by atoms with Gasteiger partial charge in [-0.1, -0.05) is 48.5 Å². The number of alkyl carbamates (subject to hydrolysis) is 1. The number of carbonyl (C=O) groups is 3. The molecule has 0 radical (unpaired) electrons. The van der Waals surface area contributed by atoms with E-state index in [9.17, 15) is 19.5 Å². The summed E-state index contributed by atoms with van der Waals surface area (Å²) in [7, 11) is 0. The summed E-state index contributed by atoms with van der Waals surface area (Å²) in [5.74, 6) is -1.39. The lowest BCUT2D eigenvalue weighted by molar-refractivity contribution is -0.148. The molecule has 7 nitrogen and oxygen atoms in total. The van der Waals surface area contributed by atoms with Crippen LogP contribution in [0.1, 0.15) is 49.7 Å². The van der Waals surface area contributed by atoms with E-state index in [1.165, 1.54) is 0 Å². The topological polar surface area (TPSA) is 105 Å². The van der Waals surface area contributed by atoms with E-state index in [2.05, 4.69) is 34.9 Å². The highest BCUT2D eigenvalue weighted by molar-refractivity contribution is 5.92. The van der Waals surface area contributed by atoms with E-state index in [0.717, 1.165) is 35.1 Å². The first-order valence-electron chi connectivity index (χ1n) is 11.5. The second-order valence-corrected chi connectivity index (χ2v) is 9.70. The molecular weight excluding hydrogens is 420 g/mol. The van der Waals surface area contributed by atoms with E-state index >= 15 is 0 Å². The summed E-state index contributed by atoms with van der Waals surface area (Å²) >= 11 is 0. The van der Waals surface area contributed by atoms with Crippen molar-refractivity contribution < 1.29 is 24.2 Å². The average molecular weight is 449 g/mol. The van der Waals surface area contributed by atoms with Crippen LogP contribution in [-0.2, 0) is 14.3 Å². The molecule has 2 saturated carbocycles. The maximum Gasteiger partial charge on any atom is 0.407 e. The summed E-state index contributed by atoms with van der Waals surface area (Å²) in [6, 6.07) is 16.3. The van der Waals surface area contributed by atoms with Crippen molar-refractivity contribution >= 4 is 18.0 Å². The second kappa shape index (κ2) is 7.90. The average Bonchev–Trinajstić information content (AvgIpc) is 3.73. The van der Waals surface area contributed by atoms with Crippen molar-refractivity contribution in [2.75, 3.05) is 13.2 Å². The molecule has 2 aromatic carbocycles. The first-order valence-corrected chi connectivity index (χ1v) is 11.5. The first kappa shape index (κ1) is 21.5. The van der Waals surface area contributed by atoms with Crippen LogP contribution in [0.5, 0.6) is 0 Å². The minimum atomic E-state index is -1.25. The van der Waals surface area contributed by atoms with Crippen LogP contribution in [0.4, 0.5) is 4.79 Å². The zero-order chi connectivity index (χ0) is 23.2. The number of benzene rings is 2. The minimum Gasteiger partial charge on any atom is -0.480 e. The van der Waals surface area contributed by atoms with E-state index in [4.69, 9.17) is 4.74 Å². The lowest BCUT2D eigenvalue weighted by Crippen LogP contribution is -2.57. The Kier molecular flexibility index (Phi) is 5.15. The van der Waals surface area contributed by atoms with Crippen molar-refractivity contribution in [1.82, 2.24) is 10.6 Å². The van der Waals surface area contributed by atoms with Crippen LogP contribution < -0.4 is 10.6 Å². The number of rotatable bonds is 8. The SMILES string of the molecule is CC(NC(=O)C1(CNC(=O)OCC2c3ccccc3-c3ccccc32)CC1)(C(=O)O)C1CC1. The summed E-state index contributed by atoms with van der Waals surface area (Å²) < 4.78 is 5.55. The van der Waals surface area contributed by atoms with E-state index in [0.29, 0.717) is 12.8 Å². The molecule has 2 aromatic rings.